The summed E-state index contributed by atoms with van der Waals surface area (Å²) in [6.07, 6.45) is 0. The molecule has 0 fully saturated rings. The summed E-state index contributed by atoms with van der Waals surface area (Å²) in [5.74, 6) is 0. The van der Waals surface area contributed by atoms with Crippen molar-refractivity contribution in [2.24, 2.45) is 0 Å². The second-order valence-electron chi connectivity index (χ2n) is 1.08. The van der Waals surface area contributed by atoms with Crippen LogP contribution in [0, 0.1) is 6.07 Å². The number of hydrogen-bond donors (Lipinski definition) is 0. The summed E-state index contributed by atoms with van der Waals surface area (Å²) in [6, 6.07) is 12.5. The molecule has 8 heavy (non-hydrogen) atoms. The molecule has 0 amide bonds. The average Bonchev–Trinajstić information content (AvgIpc) is 1.72. The van der Waals surface area contributed by atoms with Gasteiger partial charge in [-0.05, 0) is 0 Å². The van der Waals surface area contributed by atoms with Gasteiger partial charge < -0.3 is 5.48 Å². The van der Waals surface area contributed by atoms with Crippen molar-refractivity contribution in [3.63, 3.8) is 0 Å². The van der Waals surface area contributed by atoms with Crippen molar-refractivity contribution in [3.8, 4) is 0 Å². The zero-order valence-corrected chi connectivity index (χ0v) is 6.89. The molecule has 0 spiro atoms. The molecule has 0 unspecified atom stereocenters. The third-order valence-electron chi connectivity index (χ3n) is 0.607. The first-order valence-electron chi connectivity index (χ1n) is 1.91. The average molecular weight is 118 g/mol. The molecular formula is C6H7NaO. The molecule has 0 bridgehead atoms. The molecule has 1 rings (SSSR count). The fourth-order valence-electron chi connectivity index (χ4n) is 0.342. The standard InChI is InChI=1S/C6H5.Na.H2O/c1-2-4-6-5-3-1;;/h1-5H;;1H2/q-1;+1;. The maximum Gasteiger partial charge on any atom is 1.00 e. The van der Waals surface area contributed by atoms with E-state index in [0.717, 1.165) is 0 Å². The molecule has 1 aromatic carbocycles. The minimum Gasteiger partial charge on any atom is -0.412 e. The summed E-state index contributed by atoms with van der Waals surface area (Å²) in [4.78, 5) is 0. The molecule has 0 radical (unpaired) electrons. The van der Waals surface area contributed by atoms with Gasteiger partial charge in [-0.25, -0.2) is 0 Å². The minimum atomic E-state index is 0. The Morgan fingerprint density at radius 1 is 0.875 bits per heavy atom. The molecule has 0 saturated heterocycles. The Bertz CT molecular complexity index is 80.5. The first kappa shape index (κ1) is 11.0. The maximum absolute atomic E-state index is 2.89. The molecule has 1 aromatic rings. The van der Waals surface area contributed by atoms with Crippen LogP contribution in [-0.4, -0.2) is 5.48 Å². The summed E-state index contributed by atoms with van der Waals surface area (Å²) < 4.78 is 0. The van der Waals surface area contributed by atoms with Crippen molar-refractivity contribution in [1.29, 1.82) is 0 Å². The minimum absolute atomic E-state index is 0. The van der Waals surface area contributed by atoms with E-state index in [1.54, 1.807) is 0 Å². The monoisotopic (exact) mass is 118 g/mol. The third kappa shape index (κ3) is 4.34. The predicted octanol–water partition coefficient (Wildman–Crippen LogP) is -2.33. The van der Waals surface area contributed by atoms with Crippen LogP contribution in [0.4, 0.5) is 0 Å². The Hall–Kier alpha value is 0.180. The van der Waals surface area contributed by atoms with Crippen LogP contribution in [0.5, 0.6) is 0 Å². The first-order chi connectivity index (χ1) is 3.00. The molecule has 0 aliphatic carbocycles. The second kappa shape index (κ2) is 7.18. The van der Waals surface area contributed by atoms with Crippen LogP contribution >= 0.6 is 0 Å². The van der Waals surface area contributed by atoms with Gasteiger partial charge in [0.2, 0.25) is 0 Å². The fraction of sp³-hybridized carbons (Fsp3) is 0. The fourth-order valence-corrected chi connectivity index (χ4v) is 0.342. The Morgan fingerprint density at radius 2 is 1.38 bits per heavy atom. The molecule has 2 heteroatoms. The van der Waals surface area contributed by atoms with E-state index in [1.165, 1.54) is 0 Å². The second-order valence-corrected chi connectivity index (χ2v) is 1.08. The van der Waals surface area contributed by atoms with Gasteiger partial charge >= 0.3 is 29.6 Å². The molecule has 0 aromatic heterocycles. The molecule has 0 saturated carbocycles. The van der Waals surface area contributed by atoms with Crippen molar-refractivity contribution in [2.75, 3.05) is 0 Å². The normalized spacial score (nSPS) is 6.00. The maximum atomic E-state index is 2.89. The molecule has 2 N–H and O–H groups in total. The quantitative estimate of drug-likeness (QED) is 0.270. The van der Waals surface area contributed by atoms with Gasteiger partial charge in [0, 0.05) is 0 Å². The first-order valence-corrected chi connectivity index (χ1v) is 1.91. The van der Waals surface area contributed by atoms with Gasteiger partial charge in [0.25, 0.3) is 0 Å². The molecule has 0 atom stereocenters. The van der Waals surface area contributed by atoms with Gasteiger partial charge in [0.05, 0.1) is 0 Å². The summed E-state index contributed by atoms with van der Waals surface area (Å²) in [5, 5.41) is 0. The predicted molar refractivity (Wildman–Crippen MR) is 28.9 cm³/mol. The van der Waals surface area contributed by atoms with Crippen molar-refractivity contribution in [1.82, 2.24) is 0 Å². The van der Waals surface area contributed by atoms with Gasteiger partial charge in [0.1, 0.15) is 0 Å². The topological polar surface area (TPSA) is 31.5 Å². The van der Waals surface area contributed by atoms with E-state index in [-0.39, 0.29) is 35.0 Å². The Morgan fingerprint density at radius 3 is 1.50 bits per heavy atom. The molecule has 38 valence electrons. The van der Waals surface area contributed by atoms with Crippen LogP contribution in [0.15, 0.2) is 30.3 Å². The number of hydrogen-bond acceptors (Lipinski definition) is 0. The van der Waals surface area contributed by atoms with Crippen molar-refractivity contribution >= 4 is 0 Å². The van der Waals surface area contributed by atoms with Crippen molar-refractivity contribution < 1.29 is 35.0 Å². The molecular weight excluding hydrogens is 111 g/mol. The zero-order valence-electron chi connectivity index (χ0n) is 4.89. The number of rotatable bonds is 0. The van der Waals surface area contributed by atoms with E-state index in [2.05, 4.69) is 6.07 Å². The van der Waals surface area contributed by atoms with Gasteiger partial charge in [-0.2, -0.15) is 36.4 Å². The van der Waals surface area contributed by atoms with Crippen molar-refractivity contribution in [3.05, 3.63) is 36.4 Å². The van der Waals surface area contributed by atoms with Crippen LogP contribution in [-0.2, 0) is 0 Å². The molecule has 0 heterocycles. The van der Waals surface area contributed by atoms with Crippen LogP contribution in [0.1, 0.15) is 0 Å². The van der Waals surface area contributed by atoms with Crippen LogP contribution in [0.25, 0.3) is 0 Å². The third-order valence-corrected chi connectivity index (χ3v) is 0.607. The largest absolute Gasteiger partial charge is 1.00 e. The Balaban J connectivity index is 0. The van der Waals surface area contributed by atoms with Crippen molar-refractivity contribution in [2.45, 2.75) is 0 Å². The SMILES string of the molecule is O.[Na+].[c-]1ccccc1. The van der Waals surface area contributed by atoms with Gasteiger partial charge in [0.15, 0.2) is 0 Å². The van der Waals surface area contributed by atoms with E-state index < -0.39 is 0 Å². The summed E-state index contributed by atoms with van der Waals surface area (Å²) >= 11 is 0. The number of benzene rings is 1. The van der Waals surface area contributed by atoms with E-state index >= 15 is 0 Å². The summed E-state index contributed by atoms with van der Waals surface area (Å²) in [7, 11) is 0. The van der Waals surface area contributed by atoms with E-state index in [1.807, 2.05) is 30.3 Å². The summed E-state index contributed by atoms with van der Waals surface area (Å²) in [5.41, 5.74) is 0. The van der Waals surface area contributed by atoms with Crippen LogP contribution in [0.2, 0.25) is 0 Å². The summed E-state index contributed by atoms with van der Waals surface area (Å²) in [6.45, 7) is 0. The molecule has 0 aliphatic heterocycles. The van der Waals surface area contributed by atoms with E-state index in [9.17, 15) is 0 Å². The van der Waals surface area contributed by atoms with Crippen LogP contribution in [0.3, 0.4) is 0 Å². The Labute approximate surface area is 71.3 Å². The zero-order chi connectivity index (χ0) is 4.24. The molecule has 0 aliphatic rings. The Kier molecular flexibility index (Phi) is 9.91. The van der Waals surface area contributed by atoms with E-state index in [0.29, 0.717) is 0 Å². The van der Waals surface area contributed by atoms with Gasteiger partial charge in [-0.1, -0.05) is 0 Å². The molecule has 1 nitrogen and oxygen atoms in total. The smallest absolute Gasteiger partial charge is 0.412 e. The van der Waals surface area contributed by atoms with E-state index in [4.69, 9.17) is 0 Å². The van der Waals surface area contributed by atoms with Gasteiger partial charge in [-0.3, -0.25) is 0 Å². The van der Waals surface area contributed by atoms with Gasteiger partial charge in [-0.15, -0.1) is 0 Å². The van der Waals surface area contributed by atoms with Crippen LogP contribution < -0.4 is 29.6 Å².